The van der Waals surface area contributed by atoms with Gasteiger partial charge in [-0.15, -0.1) is 0 Å². The van der Waals surface area contributed by atoms with E-state index in [1.807, 2.05) is 60.7 Å². The number of fused-ring (bicyclic) bond motifs is 3. The number of para-hydroxylation sites is 2. The van der Waals surface area contributed by atoms with Crippen molar-refractivity contribution in [2.24, 2.45) is 0 Å². The van der Waals surface area contributed by atoms with Crippen LogP contribution >= 0.6 is 0 Å². The summed E-state index contributed by atoms with van der Waals surface area (Å²) in [6, 6.07) is 21.4. The lowest BCUT2D eigenvalue weighted by Crippen LogP contribution is -2.66. The largest absolute Gasteiger partial charge is 0.459 e. The van der Waals surface area contributed by atoms with E-state index in [9.17, 15) is 9.59 Å². The fourth-order valence-electron chi connectivity index (χ4n) is 4.90. The van der Waals surface area contributed by atoms with Gasteiger partial charge in [0.2, 0.25) is 11.8 Å². The van der Waals surface area contributed by atoms with Crippen molar-refractivity contribution in [3.63, 3.8) is 0 Å². The fraction of sp³-hybridized carbons (Fsp3) is 0.269. The van der Waals surface area contributed by atoms with Crippen LogP contribution in [0.4, 0.5) is 0 Å². The molecule has 166 valence electrons. The average Bonchev–Trinajstić information content (AvgIpc) is 3.25. The molecule has 7 nitrogen and oxygen atoms in total. The Hall–Kier alpha value is -3.71. The molecule has 0 aliphatic carbocycles. The third-order valence-electron chi connectivity index (χ3n) is 6.57. The smallest absolute Gasteiger partial charge is 0.247 e. The van der Waals surface area contributed by atoms with Crippen LogP contribution in [0.2, 0.25) is 0 Å². The molecule has 33 heavy (non-hydrogen) atoms. The molecule has 2 aliphatic heterocycles. The zero-order chi connectivity index (χ0) is 22.4. The predicted octanol–water partition coefficient (Wildman–Crippen LogP) is 3.04. The van der Waals surface area contributed by atoms with E-state index < -0.39 is 6.04 Å². The van der Waals surface area contributed by atoms with Crippen LogP contribution in [0.25, 0.3) is 21.9 Å². The maximum Gasteiger partial charge on any atom is 0.247 e. The van der Waals surface area contributed by atoms with Gasteiger partial charge in [-0.3, -0.25) is 19.5 Å². The molecule has 4 heterocycles. The minimum atomic E-state index is -0.468. The number of piperazine rings is 2. The highest BCUT2D eigenvalue weighted by Gasteiger charge is 2.42. The van der Waals surface area contributed by atoms with Crippen molar-refractivity contribution in [3.05, 3.63) is 78.2 Å². The Kier molecular flexibility index (Phi) is 4.84. The van der Waals surface area contributed by atoms with E-state index in [0.29, 0.717) is 31.9 Å². The number of rotatable bonds is 4. The van der Waals surface area contributed by atoms with Gasteiger partial charge in [0.05, 0.1) is 17.8 Å². The van der Waals surface area contributed by atoms with Crippen molar-refractivity contribution >= 4 is 33.7 Å². The van der Waals surface area contributed by atoms with Gasteiger partial charge in [0.15, 0.2) is 0 Å². The van der Waals surface area contributed by atoms with Gasteiger partial charge in [0, 0.05) is 37.0 Å². The van der Waals surface area contributed by atoms with Gasteiger partial charge in [0.25, 0.3) is 0 Å². The SMILES string of the molecule is O=C1C2CN(Cc3ccc4ccccc4n3)CCN2C(=O)CN1Cc1cc2ccccc2o1. The van der Waals surface area contributed by atoms with Crippen LogP contribution in [-0.4, -0.2) is 63.7 Å². The summed E-state index contributed by atoms with van der Waals surface area (Å²) in [5, 5.41) is 2.11. The average molecular weight is 441 g/mol. The number of carbonyl (C=O) groups excluding carboxylic acids is 2. The number of nitrogens with zero attached hydrogens (tertiary/aromatic N) is 4. The maximum atomic E-state index is 13.3. The molecule has 0 spiro atoms. The van der Waals surface area contributed by atoms with Crippen LogP contribution in [0.15, 0.2) is 71.1 Å². The van der Waals surface area contributed by atoms with E-state index in [0.717, 1.165) is 34.1 Å². The molecule has 0 N–H and O–H groups in total. The van der Waals surface area contributed by atoms with E-state index in [4.69, 9.17) is 9.40 Å². The lowest BCUT2D eigenvalue weighted by atomic mass is 10.1. The van der Waals surface area contributed by atoms with Gasteiger partial charge in [-0.2, -0.15) is 0 Å². The van der Waals surface area contributed by atoms with Crippen LogP contribution in [0.1, 0.15) is 11.5 Å². The lowest BCUT2D eigenvalue weighted by Gasteiger charge is -2.45. The zero-order valence-electron chi connectivity index (χ0n) is 18.2. The van der Waals surface area contributed by atoms with Gasteiger partial charge >= 0.3 is 0 Å². The number of furan rings is 1. The highest BCUT2D eigenvalue weighted by atomic mass is 16.3. The maximum absolute atomic E-state index is 13.3. The lowest BCUT2D eigenvalue weighted by molar-refractivity contribution is -0.160. The minimum absolute atomic E-state index is 0.000749. The summed E-state index contributed by atoms with van der Waals surface area (Å²) >= 11 is 0. The number of aromatic nitrogens is 1. The number of benzene rings is 2. The Morgan fingerprint density at radius 2 is 1.73 bits per heavy atom. The van der Waals surface area contributed by atoms with Crippen LogP contribution in [0.5, 0.6) is 0 Å². The molecule has 6 rings (SSSR count). The van der Waals surface area contributed by atoms with Crippen molar-refractivity contribution in [2.75, 3.05) is 26.2 Å². The normalized spacial score (nSPS) is 19.5. The van der Waals surface area contributed by atoms with Gasteiger partial charge < -0.3 is 14.2 Å². The highest BCUT2D eigenvalue weighted by molar-refractivity contribution is 5.95. The number of pyridine rings is 1. The second-order valence-corrected chi connectivity index (χ2v) is 8.78. The summed E-state index contributed by atoms with van der Waals surface area (Å²) in [6.07, 6.45) is 0. The summed E-state index contributed by atoms with van der Waals surface area (Å²) < 4.78 is 5.89. The monoisotopic (exact) mass is 440 g/mol. The number of carbonyl (C=O) groups is 2. The van der Waals surface area contributed by atoms with E-state index in [1.165, 1.54) is 0 Å². The molecule has 0 radical (unpaired) electrons. The molecule has 2 fully saturated rings. The molecular formula is C26H24N4O3. The molecule has 2 aromatic heterocycles. The van der Waals surface area contributed by atoms with Crippen LogP contribution in [0, 0.1) is 0 Å². The van der Waals surface area contributed by atoms with Crippen molar-refractivity contribution in [3.8, 4) is 0 Å². The quantitative estimate of drug-likeness (QED) is 0.488. The first-order valence-electron chi connectivity index (χ1n) is 11.3. The molecule has 2 aromatic carbocycles. The molecular weight excluding hydrogens is 416 g/mol. The van der Waals surface area contributed by atoms with E-state index in [-0.39, 0.29) is 18.4 Å². The van der Waals surface area contributed by atoms with E-state index >= 15 is 0 Å². The summed E-state index contributed by atoms with van der Waals surface area (Å²) in [5.74, 6) is 0.671. The molecule has 2 amide bonds. The number of hydrogen-bond donors (Lipinski definition) is 0. The molecule has 4 aromatic rings. The molecule has 2 saturated heterocycles. The molecule has 0 bridgehead atoms. The summed E-state index contributed by atoms with van der Waals surface area (Å²) in [5.41, 5.74) is 2.72. The Labute approximate surface area is 191 Å². The fourth-order valence-corrected chi connectivity index (χ4v) is 4.90. The summed E-state index contributed by atoms with van der Waals surface area (Å²) in [7, 11) is 0. The van der Waals surface area contributed by atoms with Crippen LogP contribution in [0.3, 0.4) is 0 Å². The molecule has 1 atom stereocenters. The first-order chi connectivity index (χ1) is 16.1. The molecule has 2 aliphatic rings. The Bertz CT molecular complexity index is 1330. The third-order valence-corrected chi connectivity index (χ3v) is 6.57. The first-order valence-corrected chi connectivity index (χ1v) is 11.3. The van der Waals surface area contributed by atoms with Gasteiger partial charge in [-0.1, -0.05) is 42.5 Å². The van der Waals surface area contributed by atoms with Gasteiger partial charge in [0.1, 0.15) is 23.9 Å². The number of hydrogen-bond acceptors (Lipinski definition) is 5. The second-order valence-electron chi connectivity index (χ2n) is 8.78. The minimum Gasteiger partial charge on any atom is -0.459 e. The van der Waals surface area contributed by atoms with Crippen molar-refractivity contribution in [1.82, 2.24) is 19.7 Å². The van der Waals surface area contributed by atoms with Crippen molar-refractivity contribution < 1.29 is 14.0 Å². The molecule has 0 saturated carbocycles. The second kappa shape index (κ2) is 8.01. The predicted molar refractivity (Wildman–Crippen MR) is 124 cm³/mol. The van der Waals surface area contributed by atoms with E-state index in [1.54, 1.807) is 9.80 Å². The Morgan fingerprint density at radius 1 is 0.909 bits per heavy atom. The Balaban J connectivity index is 1.18. The Morgan fingerprint density at radius 3 is 2.61 bits per heavy atom. The third kappa shape index (κ3) is 3.74. The zero-order valence-corrected chi connectivity index (χ0v) is 18.2. The van der Waals surface area contributed by atoms with Gasteiger partial charge in [-0.05, 0) is 24.3 Å². The standard InChI is InChI=1S/C26H24N4O3/c31-25-17-29(15-21-13-19-6-2-4-8-24(19)33-21)26(32)23-16-28(11-12-30(23)25)14-20-10-9-18-5-1-3-7-22(18)27-20/h1-10,13,23H,11-12,14-17H2. The van der Waals surface area contributed by atoms with Crippen LogP contribution in [-0.2, 0) is 22.7 Å². The van der Waals surface area contributed by atoms with Crippen molar-refractivity contribution in [1.29, 1.82) is 0 Å². The topological polar surface area (TPSA) is 69.9 Å². The van der Waals surface area contributed by atoms with Crippen molar-refractivity contribution in [2.45, 2.75) is 19.1 Å². The van der Waals surface area contributed by atoms with Crippen LogP contribution < -0.4 is 0 Å². The molecule has 1 unspecified atom stereocenters. The number of amides is 2. The molecule has 7 heteroatoms. The van der Waals surface area contributed by atoms with Gasteiger partial charge in [-0.25, -0.2) is 0 Å². The summed E-state index contributed by atoms with van der Waals surface area (Å²) in [6.45, 7) is 2.85. The van der Waals surface area contributed by atoms with E-state index in [2.05, 4.69) is 11.0 Å². The summed E-state index contributed by atoms with van der Waals surface area (Å²) in [4.78, 5) is 36.5. The first kappa shape index (κ1) is 19.9. The highest BCUT2D eigenvalue weighted by Crippen LogP contribution is 2.24.